The van der Waals surface area contributed by atoms with Crippen LogP contribution >= 0.6 is 33.9 Å². The number of carbonyl (C=O) groups excluding carboxylic acids is 1. The van der Waals surface area contributed by atoms with Crippen molar-refractivity contribution in [3.05, 3.63) is 48.1 Å². The number of nitrogens with one attached hydrogen (secondary N) is 2. The standard InChI is InChI=1S/C11H9IN2O3S/c12-8-2-1-6(3-9(8)15)10(16)13-4-7-5-18-11(17)14-7/h1-3,5,15H,4H2,(H,13,16)(H,14,17). The molecule has 0 saturated heterocycles. The summed E-state index contributed by atoms with van der Waals surface area (Å²) < 4.78 is 0.686. The van der Waals surface area contributed by atoms with Gasteiger partial charge in [0, 0.05) is 16.6 Å². The predicted octanol–water partition coefficient (Wildman–Crippen LogP) is 1.68. The summed E-state index contributed by atoms with van der Waals surface area (Å²) in [4.78, 5) is 25.1. The molecule has 3 N–H and O–H groups in total. The molecule has 0 unspecified atom stereocenters. The third-order valence-electron chi connectivity index (χ3n) is 2.22. The van der Waals surface area contributed by atoms with E-state index in [0.717, 1.165) is 11.3 Å². The number of carbonyl (C=O) groups is 1. The van der Waals surface area contributed by atoms with E-state index in [9.17, 15) is 14.7 Å². The van der Waals surface area contributed by atoms with Crippen LogP contribution < -0.4 is 10.2 Å². The quantitative estimate of drug-likeness (QED) is 0.713. The molecular weight excluding hydrogens is 367 g/mol. The zero-order valence-electron chi connectivity index (χ0n) is 9.07. The van der Waals surface area contributed by atoms with Crippen molar-refractivity contribution in [2.24, 2.45) is 0 Å². The van der Waals surface area contributed by atoms with Gasteiger partial charge in [0.2, 0.25) is 0 Å². The van der Waals surface area contributed by atoms with Crippen LogP contribution in [0.15, 0.2) is 28.4 Å². The van der Waals surface area contributed by atoms with E-state index in [2.05, 4.69) is 10.3 Å². The first-order valence-corrected chi connectivity index (χ1v) is 6.95. The first-order chi connectivity index (χ1) is 8.56. The number of benzene rings is 1. The van der Waals surface area contributed by atoms with Gasteiger partial charge in [0.1, 0.15) is 5.75 Å². The number of rotatable bonds is 3. The summed E-state index contributed by atoms with van der Waals surface area (Å²) in [5, 5.41) is 13.8. The monoisotopic (exact) mass is 376 g/mol. The van der Waals surface area contributed by atoms with Gasteiger partial charge in [-0.3, -0.25) is 9.59 Å². The Morgan fingerprint density at radius 2 is 2.28 bits per heavy atom. The van der Waals surface area contributed by atoms with Gasteiger partial charge < -0.3 is 15.4 Å². The largest absolute Gasteiger partial charge is 0.507 e. The molecular formula is C11H9IN2O3S. The van der Waals surface area contributed by atoms with Crippen molar-refractivity contribution in [2.75, 3.05) is 0 Å². The Labute approximate surface area is 120 Å². The van der Waals surface area contributed by atoms with E-state index < -0.39 is 0 Å². The van der Waals surface area contributed by atoms with E-state index in [1.54, 1.807) is 17.5 Å². The van der Waals surface area contributed by atoms with Gasteiger partial charge in [-0.15, -0.1) is 0 Å². The molecule has 0 spiro atoms. The van der Waals surface area contributed by atoms with E-state index in [-0.39, 0.29) is 23.1 Å². The van der Waals surface area contributed by atoms with Crippen LogP contribution in [0.25, 0.3) is 0 Å². The first-order valence-electron chi connectivity index (χ1n) is 4.99. The molecule has 94 valence electrons. The van der Waals surface area contributed by atoms with Gasteiger partial charge in [-0.25, -0.2) is 0 Å². The summed E-state index contributed by atoms with van der Waals surface area (Å²) in [6.45, 7) is 0.254. The molecule has 0 saturated carbocycles. The van der Waals surface area contributed by atoms with E-state index in [0.29, 0.717) is 14.8 Å². The summed E-state index contributed by atoms with van der Waals surface area (Å²) in [7, 11) is 0. The number of amides is 1. The Bertz CT molecular complexity index is 635. The smallest absolute Gasteiger partial charge is 0.304 e. The summed E-state index contributed by atoms with van der Waals surface area (Å²) in [5.41, 5.74) is 1.04. The minimum absolute atomic E-state index is 0.0761. The van der Waals surface area contributed by atoms with Gasteiger partial charge in [-0.2, -0.15) is 0 Å². The van der Waals surface area contributed by atoms with Crippen LogP contribution in [0.4, 0.5) is 0 Å². The summed E-state index contributed by atoms with van der Waals surface area (Å²) in [6.07, 6.45) is 0. The number of halogens is 1. The van der Waals surface area contributed by atoms with Crippen LogP contribution in [0.3, 0.4) is 0 Å². The molecule has 0 aliphatic carbocycles. The fraction of sp³-hybridized carbons (Fsp3) is 0.0909. The second-order valence-electron chi connectivity index (χ2n) is 3.52. The van der Waals surface area contributed by atoms with E-state index in [4.69, 9.17) is 0 Å². The van der Waals surface area contributed by atoms with Crippen molar-refractivity contribution in [1.82, 2.24) is 10.3 Å². The normalized spacial score (nSPS) is 10.3. The molecule has 1 aromatic carbocycles. The molecule has 0 aliphatic rings. The van der Waals surface area contributed by atoms with Crippen molar-refractivity contribution in [1.29, 1.82) is 0 Å². The molecule has 2 aromatic rings. The molecule has 1 aromatic heterocycles. The minimum atomic E-state index is -0.297. The first kappa shape index (κ1) is 13.1. The lowest BCUT2D eigenvalue weighted by Crippen LogP contribution is -2.23. The highest BCUT2D eigenvalue weighted by molar-refractivity contribution is 14.1. The predicted molar refractivity (Wildman–Crippen MR) is 76.9 cm³/mol. The highest BCUT2D eigenvalue weighted by atomic mass is 127. The number of phenolic OH excluding ortho intramolecular Hbond substituents is 1. The molecule has 7 heteroatoms. The number of thiazole rings is 1. The Morgan fingerprint density at radius 3 is 2.89 bits per heavy atom. The number of hydrogen-bond acceptors (Lipinski definition) is 4. The van der Waals surface area contributed by atoms with E-state index in [1.807, 2.05) is 22.6 Å². The number of hydrogen-bond donors (Lipinski definition) is 3. The van der Waals surface area contributed by atoms with Crippen LogP contribution in [0, 0.1) is 3.57 Å². The van der Waals surface area contributed by atoms with Crippen LogP contribution in [0.5, 0.6) is 5.75 Å². The Hall–Kier alpha value is -1.35. The lowest BCUT2D eigenvalue weighted by molar-refractivity contribution is 0.0950. The van der Waals surface area contributed by atoms with E-state index >= 15 is 0 Å². The average molecular weight is 376 g/mol. The third kappa shape index (κ3) is 3.10. The number of phenols is 1. The molecule has 2 rings (SSSR count). The van der Waals surface area contributed by atoms with Crippen LogP contribution in [-0.2, 0) is 6.54 Å². The van der Waals surface area contributed by atoms with E-state index in [1.165, 1.54) is 6.07 Å². The van der Waals surface area contributed by atoms with Crippen molar-refractivity contribution < 1.29 is 9.90 Å². The molecule has 0 fully saturated rings. The zero-order chi connectivity index (χ0) is 13.1. The maximum absolute atomic E-state index is 11.8. The maximum atomic E-state index is 11.8. The second-order valence-corrected chi connectivity index (χ2v) is 5.53. The highest BCUT2D eigenvalue weighted by Crippen LogP contribution is 2.20. The second kappa shape index (κ2) is 5.53. The lowest BCUT2D eigenvalue weighted by atomic mass is 10.2. The maximum Gasteiger partial charge on any atom is 0.304 e. The Balaban J connectivity index is 2.03. The average Bonchev–Trinajstić information content (AvgIpc) is 2.75. The molecule has 18 heavy (non-hydrogen) atoms. The minimum Gasteiger partial charge on any atom is -0.507 e. The zero-order valence-corrected chi connectivity index (χ0v) is 12.0. The van der Waals surface area contributed by atoms with Crippen molar-refractivity contribution >= 4 is 39.8 Å². The number of aromatic amines is 1. The summed E-state index contributed by atoms with van der Waals surface area (Å²) >= 11 is 3.03. The van der Waals surface area contributed by atoms with Crippen molar-refractivity contribution in [3.63, 3.8) is 0 Å². The number of H-pyrrole nitrogens is 1. The lowest BCUT2D eigenvalue weighted by Gasteiger charge is -2.05. The van der Waals surface area contributed by atoms with Crippen LogP contribution in [-0.4, -0.2) is 16.0 Å². The Morgan fingerprint density at radius 1 is 1.50 bits per heavy atom. The van der Waals surface area contributed by atoms with Gasteiger partial charge in [-0.1, -0.05) is 11.3 Å². The number of aromatic hydroxyl groups is 1. The fourth-order valence-corrected chi connectivity index (χ4v) is 2.25. The van der Waals surface area contributed by atoms with Crippen LogP contribution in [0.2, 0.25) is 0 Å². The van der Waals surface area contributed by atoms with Gasteiger partial charge in [-0.05, 0) is 40.8 Å². The summed E-state index contributed by atoms with van der Waals surface area (Å²) in [5.74, 6) is -0.221. The van der Waals surface area contributed by atoms with Crippen molar-refractivity contribution in [2.45, 2.75) is 6.54 Å². The molecule has 0 aliphatic heterocycles. The van der Waals surface area contributed by atoms with Gasteiger partial charge >= 0.3 is 4.87 Å². The molecule has 5 nitrogen and oxygen atoms in total. The molecule has 0 bridgehead atoms. The van der Waals surface area contributed by atoms with Crippen LogP contribution in [0.1, 0.15) is 16.1 Å². The van der Waals surface area contributed by atoms with Gasteiger partial charge in [0.25, 0.3) is 5.91 Å². The van der Waals surface area contributed by atoms with Gasteiger partial charge in [0.15, 0.2) is 0 Å². The van der Waals surface area contributed by atoms with Crippen molar-refractivity contribution in [3.8, 4) is 5.75 Å². The third-order valence-corrected chi connectivity index (χ3v) is 3.85. The topological polar surface area (TPSA) is 82.2 Å². The fourth-order valence-electron chi connectivity index (χ4n) is 1.33. The molecule has 1 heterocycles. The molecule has 1 amide bonds. The molecule has 0 atom stereocenters. The molecule has 0 radical (unpaired) electrons. The van der Waals surface area contributed by atoms with Gasteiger partial charge in [0.05, 0.1) is 10.1 Å². The Kier molecular flexibility index (Phi) is 4.02. The number of aromatic nitrogens is 1. The SMILES string of the molecule is O=C(NCc1csc(=O)[nH]1)c1ccc(I)c(O)c1. The highest BCUT2D eigenvalue weighted by Gasteiger charge is 2.08. The summed E-state index contributed by atoms with van der Waals surface area (Å²) in [6, 6.07) is 4.71.